The zero-order valence-electron chi connectivity index (χ0n) is 11.9. The van der Waals surface area contributed by atoms with Gasteiger partial charge < -0.3 is 10.4 Å². The van der Waals surface area contributed by atoms with Crippen molar-refractivity contribution in [2.45, 2.75) is 33.5 Å². The fourth-order valence-corrected chi connectivity index (χ4v) is 1.86. The summed E-state index contributed by atoms with van der Waals surface area (Å²) < 4.78 is 3.10. The van der Waals surface area contributed by atoms with Crippen LogP contribution in [0.15, 0.2) is 18.5 Å². The average molecular weight is 291 g/mol. The molecule has 2 N–H and O–H groups in total. The summed E-state index contributed by atoms with van der Waals surface area (Å²) in [4.78, 5) is 22.5. The van der Waals surface area contributed by atoms with Crippen LogP contribution in [0.2, 0.25) is 0 Å². The van der Waals surface area contributed by atoms with Crippen LogP contribution in [-0.4, -0.2) is 36.5 Å². The Labute approximate surface area is 121 Å². The molecule has 1 amide bonds. The predicted octanol–water partition coefficient (Wildman–Crippen LogP) is 0.423. The van der Waals surface area contributed by atoms with Crippen LogP contribution in [0.3, 0.4) is 0 Å². The summed E-state index contributed by atoms with van der Waals surface area (Å²) in [5, 5.41) is 19.6. The van der Waals surface area contributed by atoms with Gasteiger partial charge in [0.1, 0.15) is 6.54 Å². The largest absolute Gasteiger partial charge is 0.476 e. The van der Waals surface area contributed by atoms with Crippen molar-refractivity contribution in [3.8, 4) is 0 Å². The molecule has 2 rings (SSSR count). The number of carbonyl (C=O) groups excluding carboxylic acids is 1. The van der Waals surface area contributed by atoms with E-state index in [4.69, 9.17) is 5.11 Å². The smallest absolute Gasteiger partial charge is 0.356 e. The Morgan fingerprint density at radius 1 is 1.33 bits per heavy atom. The highest BCUT2D eigenvalue weighted by Gasteiger charge is 2.10. The van der Waals surface area contributed by atoms with Crippen molar-refractivity contribution >= 4 is 11.9 Å². The van der Waals surface area contributed by atoms with E-state index in [1.54, 1.807) is 0 Å². The summed E-state index contributed by atoms with van der Waals surface area (Å²) in [6.45, 7) is 5.03. The van der Waals surface area contributed by atoms with Crippen LogP contribution in [0, 0.1) is 6.92 Å². The molecular weight excluding hydrogens is 274 g/mol. The maximum absolute atomic E-state index is 11.8. The molecular formula is C13H17N5O3. The number of amides is 1. The molecule has 0 atom stereocenters. The van der Waals surface area contributed by atoms with Crippen LogP contribution in [0.1, 0.15) is 28.7 Å². The first-order valence-corrected chi connectivity index (χ1v) is 6.56. The van der Waals surface area contributed by atoms with Gasteiger partial charge in [0.25, 0.3) is 0 Å². The third-order valence-electron chi connectivity index (χ3n) is 3.01. The van der Waals surface area contributed by atoms with E-state index < -0.39 is 5.97 Å². The molecule has 2 heterocycles. The second-order valence-electron chi connectivity index (χ2n) is 4.58. The maximum Gasteiger partial charge on any atom is 0.356 e. The lowest BCUT2D eigenvalue weighted by Crippen LogP contribution is -2.27. The molecule has 112 valence electrons. The second kappa shape index (κ2) is 6.21. The number of nitrogens with one attached hydrogen (secondary N) is 1. The highest BCUT2D eigenvalue weighted by atomic mass is 16.4. The quantitative estimate of drug-likeness (QED) is 0.803. The molecule has 0 aliphatic heterocycles. The molecule has 0 saturated heterocycles. The maximum atomic E-state index is 11.8. The predicted molar refractivity (Wildman–Crippen MR) is 73.7 cm³/mol. The summed E-state index contributed by atoms with van der Waals surface area (Å²) in [5.41, 5.74) is 1.75. The van der Waals surface area contributed by atoms with Crippen LogP contribution in [0.5, 0.6) is 0 Å². The molecule has 0 radical (unpaired) electrons. The number of nitrogens with zero attached hydrogens (tertiary/aromatic N) is 4. The zero-order valence-corrected chi connectivity index (χ0v) is 11.9. The minimum Gasteiger partial charge on any atom is -0.476 e. The van der Waals surface area contributed by atoms with E-state index in [0.29, 0.717) is 6.54 Å². The molecule has 0 bridgehead atoms. The normalized spacial score (nSPS) is 10.6. The van der Waals surface area contributed by atoms with E-state index in [2.05, 4.69) is 15.5 Å². The Kier molecular flexibility index (Phi) is 4.36. The van der Waals surface area contributed by atoms with Gasteiger partial charge in [-0.15, -0.1) is 0 Å². The number of hydrogen-bond acceptors (Lipinski definition) is 4. The number of carboxylic acid groups (broad SMARTS) is 1. The van der Waals surface area contributed by atoms with E-state index in [1.165, 1.54) is 16.9 Å². The molecule has 8 heteroatoms. The number of hydrogen-bond donors (Lipinski definition) is 2. The molecule has 0 spiro atoms. The summed E-state index contributed by atoms with van der Waals surface area (Å²) in [5.74, 6) is -1.35. The summed E-state index contributed by atoms with van der Waals surface area (Å²) in [7, 11) is 0. The van der Waals surface area contributed by atoms with Gasteiger partial charge in [0.2, 0.25) is 5.91 Å². The van der Waals surface area contributed by atoms with E-state index in [-0.39, 0.29) is 18.1 Å². The van der Waals surface area contributed by atoms with E-state index in [0.717, 1.165) is 17.8 Å². The van der Waals surface area contributed by atoms with E-state index in [9.17, 15) is 9.59 Å². The van der Waals surface area contributed by atoms with Gasteiger partial charge >= 0.3 is 5.97 Å². The first-order valence-electron chi connectivity index (χ1n) is 6.56. The fraction of sp³-hybridized carbons (Fsp3) is 0.385. The van der Waals surface area contributed by atoms with Gasteiger partial charge in [-0.25, -0.2) is 4.79 Å². The topological polar surface area (TPSA) is 102 Å². The lowest BCUT2D eigenvalue weighted by Gasteiger charge is -2.04. The van der Waals surface area contributed by atoms with Crippen molar-refractivity contribution in [2.75, 3.05) is 0 Å². The van der Waals surface area contributed by atoms with Crippen LogP contribution in [0.25, 0.3) is 0 Å². The Bertz CT molecular complexity index is 659. The summed E-state index contributed by atoms with van der Waals surface area (Å²) >= 11 is 0. The SMILES string of the molecule is CCn1cc(CNC(=O)Cn2ccc(C(=O)O)n2)c(C)n1. The molecule has 2 aromatic heterocycles. The number of rotatable bonds is 6. The molecule has 0 aromatic carbocycles. The third kappa shape index (κ3) is 3.68. The lowest BCUT2D eigenvalue weighted by atomic mass is 10.2. The zero-order chi connectivity index (χ0) is 15.4. The average Bonchev–Trinajstić information content (AvgIpc) is 3.03. The second-order valence-corrected chi connectivity index (χ2v) is 4.58. The van der Waals surface area contributed by atoms with Crippen LogP contribution < -0.4 is 5.32 Å². The molecule has 8 nitrogen and oxygen atoms in total. The van der Waals surface area contributed by atoms with Crippen molar-refractivity contribution in [1.82, 2.24) is 24.9 Å². The number of carboxylic acids is 1. The molecule has 0 aliphatic carbocycles. The third-order valence-corrected chi connectivity index (χ3v) is 3.01. The summed E-state index contributed by atoms with van der Waals surface area (Å²) in [6, 6.07) is 1.35. The van der Waals surface area contributed by atoms with Gasteiger partial charge in [-0.05, 0) is 19.9 Å². The monoisotopic (exact) mass is 291 g/mol. The fourth-order valence-electron chi connectivity index (χ4n) is 1.86. The molecule has 0 aliphatic rings. The molecule has 0 unspecified atom stereocenters. The van der Waals surface area contributed by atoms with Crippen molar-refractivity contribution in [3.05, 3.63) is 35.4 Å². The van der Waals surface area contributed by atoms with Crippen molar-refractivity contribution in [1.29, 1.82) is 0 Å². The minimum atomic E-state index is -1.11. The van der Waals surface area contributed by atoms with Crippen LogP contribution in [-0.2, 0) is 24.4 Å². The standard InChI is InChI=1S/C13H17N5O3/c1-3-17-7-10(9(2)15-17)6-14-12(19)8-18-5-4-11(16-18)13(20)21/h4-5,7H,3,6,8H2,1-2H3,(H,14,19)(H,20,21). The molecule has 2 aromatic rings. The first-order chi connectivity index (χ1) is 9.99. The van der Waals surface area contributed by atoms with Gasteiger partial charge in [-0.3, -0.25) is 14.2 Å². The van der Waals surface area contributed by atoms with Gasteiger partial charge in [0, 0.05) is 31.0 Å². The highest BCUT2D eigenvalue weighted by molar-refractivity contribution is 5.85. The lowest BCUT2D eigenvalue weighted by molar-refractivity contribution is -0.122. The van der Waals surface area contributed by atoms with Crippen molar-refractivity contribution < 1.29 is 14.7 Å². The Morgan fingerprint density at radius 2 is 2.10 bits per heavy atom. The Hall–Kier alpha value is -2.64. The number of aryl methyl sites for hydroxylation is 2. The number of aromatic carboxylic acids is 1. The minimum absolute atomic E-state index is 0.0196. The highest BCUT2D eigenvalue weighted by Crippen LogP contribution is 2.05. The van der Waals surface area contributed by atoms with E-state index in [1.807, 2.05) is 24.7 Å². The molecule has 21 heavy (non-hydrogen) atoms. The van der Waals surface area contributed by atoms with Crippen molar-refractivity contribution in [3.63, 3.8) is 0 Å². The van der Waals surface area contributed by atoms with Gasteiger partial charge in [0.15, 0.2) is 5.69 Å². The number of carbonyl (C=O) groups is 2. The van der Waals surface area contributed by atoms with Gasteiger partial charge in [-0.2, -0.15) is 10.2 Å². The van der Waals surface area contributed by atoms with Gasteiger partial charge in [0.05, 0.1) is 5.69 Å². The van der Waals surface area contributed by atoms with Gasteiger partial charge in [-0.1, -0.05) is 0 Å². The Balaban J connectivity index is 1.89. The van der Waals surface area contributed by atoms with E-state index >= 15 is 0 Å². The van der Waals surface area contributed by atoms with Crippen LogP contribution in [0.4, 0.5) is 0 Å². The first kappa shape index (κ1) is 14.8. The van der Waals surface area contributed by atoms with Crippen molar-refractivity contribution in [2.24, 2.45) is 0 Å². The van der Waals surface area contributed by atoms with Crippen LogP contribution >= 0.6 is 0 Å². The number of aromatic nitrogens is 4. The Morgan fingerprint density at radius 3 is 2.67 bits per heavy atom. The molecule has 0 saturated carbocycles. The summed E-state index contributed by atoms with van der Waals surface area (Å²) in [6.07, 6.45) is 3.36. The molecule has 0 fully saturated rings.